The van der Waals surface area contributed by atoms with Crippen LogP contribution in [-0.2, 0) is 4.74 Å². The van der Waals surface area contributed by atoms with Gasteiger partial charge in [0.25, 0.3) is 0 Å². The van der Waals surface area contributed by atoms with Gasteiger partial charge in [-0.3, -0.25) is 0 Å². The third-order valence-corrected chi connectivity index (χ3v) is 3.93. The molecule has 0 aromatic carbocycles. The molecule has 0 bridgehead atoms. The summed E-state index contributed by atoms with van der Waals surface area (Å²) >= 11 is 0. The normalized spacial score (nSPS) is 25.4. The van der Waals surface area contributed by atoms with Gasteiger partial charge in [-0.05, 0) is 31.1 Å². The van der Waals surface area contributed by atoms with Crippen LogP contribution in [0.1, 0.15) is 59.3 Å². The van der Waals surface area contributed by atoms with Gasteiger partial charge in [0.15, 0.2) is 0 Å². The molecule has 17 heavy (non-hydrogen) atoms. The van der Waals surface area contributed by atoms with Crippen molar-refractivity contribution < 1.29 is 4.74 Å². The zero-order valence-corrected chi connectivity index (χ0v) is 12.0. The standard InChI is InChI=1S/C15H31NO/c1-4-14-7-5-6-8-15(14)16-10-12-17-11-9-13(2)3/h13-16H,4-12H2,1-3H3. The first-order valence-corrected chi connectivity index (χ1v) is 7.55. The molecule has 1 rings (SSSR count). The fourth-order valence-corrected chi connectivity index (χ4v) is 2.70. The molecule has 0 aliphatic heterocycles. The molecular weight excluding hydrogens is 210 g/mol. The van der Waals surface area contributed by atoms with E-state index in [2.05, 4.69) is 26.1 Å². The second-order valence-corrected chi connectivity index (χ2v) is 5.81. The molecule has 0 heterocycles. The molecule has 0 saturated heterocycles. The first-order valence-electron chi connectivity index (χ1n) is 7.55. The third kappa shape index (κ3) is 6.42. The molecular formula is C15H31NO. The number of ether oxygens (including phenoxy) is 1. The third-order valence-electron chi connectivity index (χ3n) is 3.93. The number of hydrogen-bond acceptors (Lipinski definition) is 2. The summed E-state index contributed by atoms with van der Waals surface area (Å²) in [4.78, 5) is 0. The van der Waals surface area contributed by atoms with Crippen LogP contribution in [0.3, 0.4) is 0 Å². The molecule has 2 unspecified atom stereocenters. The smallest absolute Gasteiger partial charge is 0.0591 e. The minimum atomic E-state index is 0.752. The fraction of sp³-hybridized carbons (Fsp3) is 1.00. The largest absolute Gasteiger partial charge is 0.380 e. The van der Waals surface area contributed by atoms with E-state index in [1.54, 1.807) is 0 Å². The summed E-state index contributed by atoms with van der Waals surface area (Å²) in [5, 5.41) is 3.69. The summed E-state index contributed by atoms with van der Waals surface area (Å²) in [6.45, 7) is 9.63. The van der Waals surface area contributed by atoms with E-state index in [1.165, 1.54) is 38.5 Å². The maximum Gasteiger partial charge on any atom is 0.0591 e. The van der Waals surface area contributed by atoms with Gasteiger partial charge in [-0.25, -0.2) is 0 Å². The number of rotatable bonds is 8. The second-order valence-electron chi connectivity index (χ2n) is 5.81. The topological polar surface area (TPSA) is 21.3 Å². The summed E-state index contributed by atoms with van der Waals surface area (Å²) in [5.41, 5.74) is 0. The first-order chi connectivity index (χ1) is 8.24. The van der Waals surface area contributed by atoms with Crippen molar-refractivity contribution in [3.63, 3.8) is 0 Å². The highest BCUT2D eigenvalue weighted by atomic mass is 16.5. The molecule has 102 valence electrons. The van der Waals surface area contributed by atoms with E-state index in [0.29, 0.717) is 0 Å². The Morgan fingerprint density at radius 1 is 1.18 bits per heavy atom. The first kappa shape index (κ1) is 15.0. The van der Waals surface area contributed by atoms with Gasteiger partial charge in [0, 0.05) is 19.2 Å². The molecule has 0 aromatic heterocycles. The van der Waals surface area contributed by atoms with Crippen molar-refractivity contribution in [2.45, 2.75) is 65.3 Å². The molecule has 1 aliphatic carbocycles. The predicted molar refractivity (Wildman–Crippen MR) is 74.3 cm³/mol. The average Bonchev–Trinajstić information content (AvgIpc) is 2.33. The number of nitrogens with one attached hydrogen (secondary N) is 1. The lowest BCUT2D eigenvalue weighted by Gasteiger charge is -2.31. The highest BCUT2D eigenvalue weighted by Crippen LogP contribution is 2.26. The quantitative estimate of drug-likeness (QED) is 0.656. The Bertz CT molecular complexity index is 182. The van der Waals surface area contributed by atoms with Crippen LogP contribution in [0.25, 0.3) is 0 Å². The lowest BCUT2D eigenvalue weighted by molar-refractivity contribution is 0.118. The highest BCUT2D eigenvalue weighted by molar-refractivity contribution is 4.79. The van der Waals surface area contributed by atoms with Crippen molar-refractivity contribution in [2.24, 2.45) is 11.8 Å². The van der Waals surface area contributed by atoms with Gasteiger partial charge < -0.3 is 10.1 Å². The van der Waals surface area contributed by atoms with Crippen LogP contribution >= 0.6 is 0 Å². The number of hydrogen-bond donors (Lipinski definition) is 1. The van der Waals surface area contributed by atoms with Gasteiger partial charge >= 0.3 is 0 Å². The van der Waals surface area contributed by atoms with Gasteiger partial charge in [-0.2, -0.15) is 0 Å². The van der Waals surface area contributed by atoms with E-state index >= 15 is 0 Å². The van der Waals surface area contributed by atoms with Crippen molar-refractivity contribution in [1.82, 2.24) is 5.32 Å². The minimum absolute atomic E-state index is 0.752. The van der Waals surface area contributed by atoms with E-state index < -0.39 is 0 Å². The van der Waals surface area contributed by atoms with Gasteiger partial charge in [-0.15, -0.1) is 0 Å². The Morgan fingerprint density at radius 2 is 1.94 bits per heavy atom. The average molecular weight is 241 g/mol. The van der Waals surface area contributed by atoms with Gasteiger partial charge in [0.1, 0.15) is 0 Å². The van der Waals surface area contributed by atoms with Crippen molar-refractivity contribution in [3.05, 3.63) is 0 Å². The van der Waals surface area contributed by atoms with Gasteiger partial charge in [0.2, 0.25) is 0 Å². The van der Waals surface area contributed by atoms with Gasteiger partial charge in [0.05, 0.1) is 6.61 Å². The van der Waals surface area contributed by atoms with E-state index in [1.807, 2.05) is 0 Å². The molecule has 1 aliphatic rings. The molecule has 2 heteroatoms. The summed E-state index contributed by atoms with van der Waals surface area (Å²) in [6.07, 6.45) is 8.13. The van der Waals surface area contributed by atoms with Crippen LogP contribution in [0.15, 0.2) is 0 Å². The molecule has 0 aromatic rings. The molecule has 2 nitrogen and oxygen atoms in total. The lowest BCUT2D eigenvalue weighted by Crippen LogP contribution is -2.39. The summed E-state index contributed by atoms with van der Waals surface area (Å²) in [5.74, 6) is 1.66. The van der Waals surface area contributed by atoms with E-state index in [0.717, 1.165) is 37.6 Å². The highest BCUT2D eigenvalue weighted by Gasteiger charge is 2.22. The molecule has 1 fully saturated rings. The Hall–Kier alpha value is -0.0800. The Morgan fingerprint density at radius 3 is 2.65 bits per heavy atom. The predicted octanol–water partition coefficient (Wildman–Crippen LogP) is 3.61. The molecule has 0 spiro atoms. The van der Waals surface area contributed by atoms with Crippen molar-refractivity contribution >= 4 is 0 Å². The van der Waals surface area contributed by atoms with Gasteiger partial charge in [-0.1, -0.05) is 40.0 Å². The van der Waals surface area contributed by atoms with Crippen LogP contribution < -0.4 is 5.32 Å². The van der Waals surface area contributed by atoms with Crippen LogP contribution in [0.5, 0.6) is 0 Å². The van der Waals surface area contributed by atoms with Crippen LogP contribution in [-0.4, -0.2) is 25.8 Å². The van der Waals surface area contributed by atoms with Crippen molar-refractivity contribution in [1.29, 1.82) is 0 Å². The van der Waals surface area contributed by atoms with Crippen molar-refractivity contribution in [3.8, 4) is 0 Å². The van der Waals surface area contributed by atoms with Crippen LogP contribution in [0.2, 0.25) is 0 Å². The molecule has 1 saturated carbocycles. The monoisotopic (exact) mass is 241 g/mol. The molecule has 0 radical (unpaired) electrons. The zero-order valence-electron chi connectivity index (χ0n) is 12.0. The Labute approximate surface area is 108 Å². The van der Waals surface area contributed by atoms with E-state index in [9.17, 15) is 0 Å². The SMILES string of the molecule is CCC1CCCCC1NCCOCCC(C)C. The zero-order chi connectivity index (χ0) is 12.5. The summed E-state index contributed by atoms with van der Waals surface area (Å²) < 4.78 is 5.64. The van der Waals surface area contributed by atoms with Crippen LogP contribution in [0, 0.1) is 11.8 Å². The maximum absolute atomic E-state index is 5.64. The fourth-order valence-electron chi connectivity index (χ4n) is 2.70. The van der Waals surface area contributed by atoms with Crippen LogP contribution in [0.4, 0.5) is 0 Å². The lowest BCUT2D eigenvalue weighted by atomic mass is 9.83. The van der Waals surface area contributed by atoms with E-state index in [-0.39, 0.29) is 0 Å². The summed E-state index contributed by atoms with van der Waals surface area (Å²) in [7, 11) is 0. The minimum Gasteiger partial charge on any atom is -0.380 e. The maximum atomic E-state index is 5.64. The van der Waals surface area contributed by atoms with E-state index in [4.69, 9.17) is 4.74 Å². The molecule has 0 amide bonds. The second kappa shape index (κ2) is 8.93. The molecule has 1 N–H and O–H groups in total. The van der Waals surface area contributed by atoms with Crippen molar-refractivity contribution in [2.75, 3.05) is 19.8 Å². The summed E-state index contributed by atoms with van der Waals surface area (Å²) in [6, 6.07) is 0.752. The Balaban J connectivity index is 2.01. The molecule has 2 atom stereocenters. The Kier molecular flexibility index (Phi) is 7.87.